The number of hydrogen-bond acceptors (Lipinski definition) is 3. The minimum absolute atomic E-state index is 0.341. The van der Waals surface area contributed by atoms with E-state index < -0.39 is 12.1 Å². The molecule has 1 unspecified atom stereocenters. The predicted molar refractivity (Wildman–Crippen MR) is 172 cm³/mol. The average Bonchev–Trinajstić information content (AvgIpc) is 2.94. The van der Waals surface area contributed by atoms with Crippen molar-refractivity contribution in [3.63, 3.8) is 0 Å². The Labute approximate surface area is 249 Å². The minimum Gasteiger partial charge on any atom is -0.479 e. The summed E-state index contributed by atoms with van der Waals surface area (Å²) in [5, 5.41) is 9.42. The standard InChI is InChI=1S/C36H68O4/c1-3-5-7-9-11-13-15-16-17-18-19-20-21-22-23-25-27-29-31-33-35(37)40-34(36(38)39)32-30-28-26-24-14-12-10-8-6-4-2/h16-17,34H,3-15,18-33H2,1-2H3,(H,38,39)/b17-16-. The Morgan fingerprint density at radius 3 is 1.27 bits per heavy atom. The summed E-state index contributed by atoms with van der Waals surface area (Å²) in [6.07, 6.45) is 38.2. The molecule has 0 aromatic carbocycles. The fourth-order valence-electron chi connectivity index (χ4n) is 5.31. The van der Waals surface area contributed by atoms with Crippen LogP contribution in [-0.4, -0.2) is 23.1 Å². The van der Waals surface area contributed by atoms with E-state index in [1.165, 1.54) is 135 Å². The number of ether oxygens (including phenoxy) is 1. The highest BCUT2D eigenvalue weighted by molar-refractivity contribution is 5.77. The summed E-state index contributed by atoms with van der Waals surface area (Å²) >= 11 is 0. The van der Waals surface area contributed by atoms with E-state index >= 15 is 0 Å². The lowest BCUT2D eigenvalue weighted by atomic mass is 10.0. The van der Waals surface area contributed by atoms with Gasteiger partial charge >= 0.3 is 11.9 Å². The Bertz CT molecular complexity index is 571. The van der Waals surface area contributed by atoms with Gasteiger partial charge < -0.3 is 9.84 Å². The molecular weight excluding hydrogens is 496 g/mol. The molecule has 0 aromatic heterocycles. The largest absolute Gasteiger partial charge is 0.479 e. The van der Waals surface area contributed by atoms with Crippen LogP contribution in [0.4, 0.5) is 0 Å². The van der Waals surface area contributed by atoms with Crippen LogP contribution in [0.1, 0.15) is 200 Å². The van der Waals surface area contributed by atoms with Gasteiger partial charge in [0.15, 0.2) is 6.10 Å². The van der Waals surface area contributed by atoms with Crippen molar-refractivity contribution >= 4 is 11.9 Å². The van der Waals surface area contributed by atoms with Crippen molar-refractivity contribution < 1.29 is 19.4 Å². The molecule has 0 rings (SSSR count). The molecule has 0 amide bonds. The second-order valence-corrected chi connectivity index (χ2v) is 12.0. The van der Waals surface area contributed by atoms with Gasteiger partial charge in [0, 0.05) is 6.42 Å². The molecule has 0 spiro atoms. The van der Waals surface area contributed by atoms with Crippen LogP contribution in [0, 0.1) is 0 Å². The zero-order valence-electron chi connectivity index (χ0n) is 26.9. The van der Waals surface area contributed by atoms with Gasteiger partial charge in [-0.2, -0.15) is 0 Å². The summed E-state index contributed by atoms with van der Waals surface area (Å²) in [7, 11) is 0. The van der Waals surface area contributed by atoms with Crippen molar-refractivity contribution in [1.82, 2.24) is 0 Å². The molecule has 0 aromatic rings. The van der Waals surface area contributed by atoms with E-state index in [1.807, 2.05) is 0 Å². The summed E-state index contributed by atoms with van der Waals surface area (Å²) in [4.78, 5) is 23.6. The molecule has 0 aliphatic heterocycles. The SMILES string of the molecule is CCCCCCCC/C=C\CCCCCCCCCCCC(=O)OC(CCCCCCCCCCCC)C(=O)O. The summed E-state index contributed by atoms with van der Waals surface area (Å²) in [5.74, 6) is -1.35. The Morgan fingerprint density at radius 2 is 0.875 bits per heavy atom. The van der Waals surface area contributed by atoms with Gasteiger partial charge in [0.2, 0.25) is 0 Å². The highest BCUT2D eigenvalue weighted by atomic mass is 16.6. The van der Waals surface area contributed by atoms with Crippen molar-refractivity contribution in [3.8, 4) is 0 Å². The molecule has 236 valence electrons. The first kappa shape index (κ1) is 38.7. The molecule has 4 nitrogen and oxygen atoms in total. The second-order valence-electron chi connectivity index (χ2n) is 12.0. The molecule has 0 saturated heterocycles. The van der Waals surface area contributed by atoms with Gasteiger partial charge in [-0.3, -0.25) is 4.79 Å². The first-order chi connectivity index (χ1) is 19.6. The lowest BCUT2D eigenvalue weighted by Gasteiger charge is -2.13. The molecule has 1 N–H and O–H groups in total. The molecule has 0 aliphatic rings. The number of rotatable bonds is 32. The van der Waals surface area contributed by atoms with Crippen molar-refractivity contribution in [3.05, 3.63) is 12.2 Å². The lowest BCUT2D eigenvalue weighted by Crippen LogP contribution is -2.27. The molecule has 40 heavy (non-hydrogen) atoms. The summed E-state index contributed by atoms with van der Waals surface area (Å²) < 4.78 is 5.29. The van der Waals surface area contributed by atoms with Gasteiger partial charge in [-0.1, -0.05) is 161 Å². The quantitative estimate of drug-likeness (QED) is 0.0501. The molecular formula is C36H68O4. The molecule has 0 aliphatic carbocycles. The fourth-order valence-corrected chi connectivity index (χ4v) is 5.31. The number of carbonyl (C=O) groups is 2. The van der Waals surface area contributed by atoms with Crippen LogP contribution in [0.3, 0.4) is 0 Å². The highest BCUT2D eigenvalue weighted by Gasteiger charge is 2.21. The third-order valence-corrected chi connectivity index (χ3v) is 8.01. The number of carboxylic acids is 1. The van der Waals surface area contributed by atoms with Crippen molar-refractivity contribution in [1.29, 1.82) is 0 Å². The smallest absolute Gasteiger partial charge is 0.345 e. The normalized spacial score (nSPS) is 12.2. The average molecular weight is 565 g/mol. The van der Waals surface area contributed by atoms with E-state index in [4.69, 9.17) is 4.74 Å². The van der Waals surface area contributed by atoms with Crippen LogP contribution in [0.5, 0.6) is 0 Å². The molecule has 4 heteroatoms. The monoisotopic (exact) mass is 565 g/mol. The zero-order chi connectivity index (χ0) is 29.4. The van der Waals surface area contributed by atoms with Gasteiger partial charge in [0.05, 0.1) is 0 Å². The summed E-state index contributed by atoms with van der Waals surface area (Å²) in [5.41, 5.74) is 0. The fraction of sp³-hybridized carbons (Fsp3) is 0.889. The summed E-state index contributed by atoms with van der Waals surface area (Å²) in [6.45, 7) is 4.51. The first-order valence-electron chi connectivity index (χ1n) is 17.7. The van der Waals surface area contributed by atoms with Crippen LogP contribution in [0.2, 0.25) is 0 Å². The molecule has 0 saturated carbocycles. The predicted octanol–water partition coefficient (Wildman–Crippen LogP) is 11.9. The number of hydrogen-bond donors (Lipinski definition) is 1. The van der Waals surface area contributed by atoms with Crippen LogP contribution in [0.25, 0.3) is 0 Å². The number of carbonyl (C=O) groups excluding carboxylic acids is 1. The Balaban J connectivity index is 3.51. The van der Waals surface area contributed by atoms with Crippen molar-refractivity contribution in [2.45, 2.75) is 206 Å². The van der Waals surface area contributed by atoms with Gasteiger partial charge in [0.1, 0.15) is 0 Å². The van der Waals surface area contributed by atoms with Crippen LogP contribution < -0.4 is 0 Å². The second kappa shape index (κ2) is 32.2. The Kier molecular flexibility index (Phi) is 31.1. The maximum atomic E-state index is 12.1. The number of esters is 1. The molecule has 0 bridgehead atoms. The number of carboxylic acid groups (broad SMARTS) is 1. The van der Waals surface area contributed by atoms with Crippen molar-refractivity contribution in [2.75, 3.05) is 0 Å². The van der Waals surface area contributed by atoms with Gasteiger partial charge in [0.25, 0.3) is 0 Å². The number of unbranched alkanes of at least 4 members (excludes halogenated alkanes) is 24. The zero-order valence-corrected chi connectivity index (χ0v) is 26.9. The van der Waals surface area contributed by atoms with E-state index in [0.29, 0.717) is 12.8 Å². The number of allylic oxidation sites excluding steroid dienone is 2. The third kappa shape index (κ3) is 29.7. The van der Waals surface area contributed by atoms with Crippen LogP contribution in [-0.2, 0) is 14.3 Å². The van der Waals surface area contributed by atoms with E-state index in [2.05, 4.69) is 26.0 Å². The van der Waals surface area contributed by atoms with E-state index in [1.54, 1.807) is 0 Å². The van der Waals surface area contributed by atoms with Gasteiger partial charge in [-0.05, 0) is 44.9 Å². The van der Waals surface area contributed by atoms with E-state index in [0.717, 1.165) is 38.5 Å². The molecule has 0 fully saturated rings. The van der Waals surface area contributed by atoms with Gasteiger partial charge in [-0.15, -0.1) is 0 Å². The minimum atomic E-state index is -1.01. The molecule has 0 radical (unpaired) electrons. The van der Waals surface area contributed by atoms with E-state index in [9.17, 15) is 14.7 Å². The van der Waals surface area contributed by atoms with Crippen molar-refractivity contribution in [2.24, 2.45) is 0 Å². The maximum Gasteiger partial charge on any atom is 0.345 e. The molecule has 1 atom stereocenters. The topological polar surface area (TPSA) is 63.6 Å². The number of aliphatic carboxylic acids is 1. The first-order valence-corrected chi connectivity index (χ1v) is 17.7. The highest BCUT2D eigenvalue weighted by Crippen LogP contribution is 2.15. The Hall–Kier alpha value is -1.32. The van der Waals surface area contributed by atoms with Gasteiger partial charge in [-0.25, -0.2) is 4.79 Å². The van der Waals surface area contributed by atoms with Crippen LogP contribution >= 0.6 is 0 Å². The Morgan fingerprint density at radius 1 is 0.525 bits per heavy atom. The van der Waals surface area contributed by atoms with E-state index in [-0.39, 0.29) is 5.97 Å². The van der Waals surface area contributed by atoms with Crippen LogP contribution in [0.15, 0.2) is 12.2 Å². The lowest BCUT2D eigenvalue weighted by molar-refractivity contribution is -0.164. The molecule has 0 heterocycles. The third-order valence-electron chi connectivity index (χ3n) is 8.01. The maximum absolute atomic E-state index is 12.1. The summed E-state index contributed by atoms with van der Waals surface area (Å²) in [6, 6.07) is 0.